The first-order valence-electron chi connectivity index (χ1n) is 8.14. The lowest BCUT2D eigenvalue weighted by Crippen LogP contribution is -2.33. The summed E-state index contributed by atoms with van der Waals surface area (Å²) in [5.74, 6) is -0.256. The molecule has 0 aliphatic heterocycles. The van der Waals surface area contributed by atoms with E-state index in [0.29, 0.717) is 13.1 Å². The van der Waals surface area contributed by atoms with Gasteiger partial charge in [-0.2, -0.15) is 0 Å². The highest BCUT2D eigenvalue weighted by molar-refractivity contribution is 7.91. The van der Waals surface area contributed by atoms with Gasteiger partial charge < -0.3 is 4.90 Å². The smallest absolute Gasteiger partial charge is 0.255 e. The third-order valence-electron chi connectivity index (χ3n) is 4.01. The fourth-order valence-corrected chi connectivity index (χ4v) is 3.64. The van der Waals surface area contributed by atoms with E-state index in [1.807, 2.05) is 37.3 Å². The molecule has 0 aliphatic rings. The van der Waals surface area contributed by atoms with E-state index < -0.39 is 9.84 Å². The van der Waals surface area contributed by atoms with E-state index in [0.717, 1.165) is 12.0 Å². The highest BCUT2D eigenvalue weighted by atomic mass is 32.2. The second-order valence-corrected chi connectivity index (χ2v) is 7.77. The lowest BCUT2D eigenvalue weighted by molar-refractivity contribution is 0.0762. The minimum absolute atomic E-state index is 0.0204. The van der Waals surface area contributed by atoms with E-state index >= 15 is 0 Å². The van der Waals surface area contributed by atoms with E-state index in [2.05, 4.69) is 0 Å². The topological polar surface area (TPSA) is 54.5 Å². The molecular formula is C19H23NO3S. The third kappa shape index (κ3) is 4.23. The van der Waals surface area contributed by atoms with Crippen LogP contribution in [0.5, 0.6) is 0 Å². The molecular weight excluding hydrogens is 322 g/mol. The molecule has 2 aromatic carbocycles. The molecule has 0 unspecified atom stereocenters. The predicted octanol–water partition coefficient (Wildman–Crippen LogP) is 3.19. The van der Waals surface area contributed by atoms with Crippen LogP contribution in [-0.4, -0.2) is 38.1 Å². The summed E-state index contributed by atoms with van der Waals surface area (Å²) in [6.45, 7) is 4.58. The maximum absolute atomic E-state index is 12.8. The summed E-state index contributed by atoms with van der Waals surface area (Å²) in [6.07, 6.45) is 0.739. The number of nitrogens with zero attached hydrogens (tertiary/aromatic N) is 1. The zero-order valence-electron chi connectivity index (χ0n) is 14.1. The molecule has 0 N–H and O–H groups in total. The first-order valence-corrected chi connectivity index (χ1v) is 9.79. The quantitative estimate of drug-likeness (QED) is 0.774. The van der Waals surface area contributed by atoms with Gasteiger partial charge in [0.05, 0.1) is 16.2 Å². The van der Waals surface area contributed by atoms with Crippen molar-refractivity contribution in [1.29, 1.82) is 0 Å². The molecule has 0 saturated carbocycles. The van der Waals surface area contributed by atoms with E-state index in [-0.39, 0.29) is 22.1 Å². The van der Waals surface area contributed by atoms with Crippen LogP contribution >= 0.6 is 0 Å². The minimum Gasteiger partial charge on any atom is -0.339 e. The normalized spacial score (nSPS) is 11.2. The Labute approximate surface area is 144 Å². The molecule has 0 bridgehead atoms. The first kappa shape index (κ1) is 18.2. The number of rotatable bonds is 7. The van der Waals surface area contributed by atoms with Gasteiger partial charge in [-0.3, -0.25) is 4.79 Å². The number of sulfone groups is 1. The SMILES string of the molecule is CCN(CCc1ccccc1)C(=O)c1ccccc1S(=O)(=O)CC. The molecule has 0 aliphatic carbocycles. The van der Waals surface area contributed by atoms with Crippen molar-refractivity contribution >= 4 is 15.7 Å². The summed E-state index contributed by atoms with van der Waals surface area (Å²) >= 11 is 0. The summed E-state index contributed by atoms with van der Waals surface area (Å²) in [4.78, 5) is 14.7. The molecule has 128 valence electrons. The van der Waals surface area contributed by atoms with Crippen LogP contribution in [0.15, 0.2) is 59.5 Å². The molecule has 0 heterocycles. The van der Waals surface area contributed by atoms with Crippen LogP contribution in [0.25, 0.3) is 0 Å². The van der Waals surface area contributed by atoms with Gasteiger partial charge in [-0.15, -0.1) is 0 Å². The lowest BCUT2D eigenvalue weighted by Gasteiger charge is -2.22. The van der Waals surface area contributed by atoms with Gasteiger partial charge in [0.25, 0.3) is 5.91 Å². The first-order chi connectivity index (χ1) is 11.5. The van der Waals surface area contributed by atoms with Crippen molar-refractivity contribution in [2.45, 2.75) is 25.2 Å². The Morgan fingerprint density at radius 2 is 1.58 bits per heavy atom. The average molecular weight is 345 g/mol. The van der Waals surface area contributed by atoms with Crippen LogP contribution in [0.1, 0.15) is 29.8 Å². The highest BCUT2D eigenvalue weighted by Gasteiger charge is 2.23. The molecule has 0 atom stereocenters. The molecule has 24 heavy (non-hydrogen) atoms. The van der Waals surface area contributed by atoms with Crippen molar-refractivity contribution in [2.24, 2.45) is 0 Å². The average Bonchev–Trinajstić information content (AvgIpc) is 2.63. The monoisotopic (exact) mass is 345 g/mol. The molecule has 1 amide bonds. The Balaban J connectivity index is 2.23. The molecule has 0 radical (unpaired) electrons. The summed E-state index contributed by atoms with van der Waals surface area (Å²) < 4.78 is 24.5. The van der Waals surface area contributed by atoms with Crippen molar-refractivity contribution in [2.75, 3.05) is 18.8 Å². The van der Waals surface area contributed by atoms with E-state index in [4.69, 9.17) is 0 Å². The van der Waals surface area contributed by atoms with Crippen molar-refractivity contribution in [3.05, 3.63) is 65.7 Å². The maximum atomic E-state index is 12.8. The Kier molecular flexibility index (Phi) is 6.15. The number of hydrogen-bond donors (Lipinski definition) is 0. The molecule has 0 aromatic heterocycles. The van der Waals surface area contributed by atoms with Crippen LogP contribution < -0.4 is 0 Å². The molecule has 2 rings (SSSR count). The third-order valence-corrected chi connectivity index (χ3v) is 5.80. The molecule has 5 heteroatoms. The van der Waals surface area contributed by atoms with Gasteiger partial charge in [0.15, 0.2) is 9.84 Å². The summed E-state index contributed by atoms with van der Waals surface area (Å²) in [5, 5.41) is 0. The largest absolute Gasteiger partial charge is 0.339 e. The highest BCUT2D eigenvalue weighted by Crippen LogP contribution is 2.19. The number of carbonyl (C=O) groups is 1. The van der Waals surface area contributed by atoms with Crippen LogP contribution in [0.4, 0.5) is 0 Å². The van der Waals surface area contributed by atoms with Crippen molar-refractivity contribution in [3.63, 3.8) is 0 Å². The minimum atomic E-state index is -3.43. The van der Waals surface area contributed by atoms with Gasteiger partial charge in [0.1, 0.15) is 0 Å². The Bertz CT molecular complexity index is 785. The number of likely N-dealkylation sites (N-methyl/N-ethyl adjacent to an activating group) is 1. The maximum Gasteiger partial charge on any atom is 0.255 e. The molecule has 0 spiro atoms. The summed E-state index contributed by atoms with van der Waals surface area (Å²) in [7, 11) is -3.43. The molecule has 0 fully saturated rings. The van der Waals surface area contributed by atoms with Crippen LogP contribution in [0.2, 0.25) is 0 Å². The van der Waals surface area contributed by atoms with Crippen molar-refractivity contribution in [1.82, 2.24) is 4.90 Å². The lowest BCUT2D eigenvalue weighted by atomic mass is 10.1. The van der Waals surface area contributed by atoms with Crippen LogP contribution in [-0.2, 0) is 16.3 Å². The summed E-state index contributed by atoms with van der Waals surface area (Å²) in [5.41, 5.74) is 1.41. The van der Waals surface area contributed by atoms with Gasteiger partial charge in [-0.1, -0.05) is 49.4 Å². The fraction of sp³-hybridized carbons (Fsp3) is 0.316. The second kappa shape index (κ2) is 8.11. The van der Waals surface area contributed by atoms with E-state index in [9.17, 15) is 13.2 Å². The zero-order valence-corrected chi connectivity index (χ0v) is 14.9. The second-order valence-electron chi connectivity index (χ2n) is 5.52. The van der Waals surface area contributed by atoms with E-state index in [1.165, 1.54) is 6.07 Å². The van der Waals surface area contributed by atoms with Gasteiger partial charge in [0, 0.05) is 13.1 Å². The molecule has 0 saturated heterocycles. The van der Waals surface area contributed by atoms with Crippen LogP contribution in [0.3, 0.4) is 0 Å². The number of amides is 1. The van der Waals surface area contributed by atoms with Gasteiger partial charge in [0.2, 0.25) is 0 Å². The van der Waals surface area contributed by atoms with Crippen LogP contribution in [0, 0.1) is 0 Å². The molecule has 4 nitrogen and oxygen atoms in total. The summed E-state index contributed by atoms with van der Waals surface area (Å²) in [6, 6.07) is 16.4. The van der Waals surface area contributed by atoms with Crippen molar-refractivity contribution < 1.29 is 13.2 Å². The van der Waals surface area contributed by atoms with Gasteiger partial charge in [-0.05, 0) is 31.0 Å². The van der Waals surface area contributed by atoms with E-state index in [1.54, 1.807) is 30.0 Å². The standard InChI is InChI=1S/C19H23NO3S/c1-3-20(15-14-16-10-6-5-7-11-16)19(21)17-12-8-9-13-18(17)24(22,23)4-2/h5-13H,3-4,14-15H2,1-2H3. The molecule has 2 aromatic rings. The Morgan fingerprint density at radius 1 is 0.958 bits per heavy atom. The fourth-order valence-electron chi connectivity index (χ4n) is 2.55. The Hall–Kier alpha value is -2.14. The van der Waals surface area contributed by atoms with Gasteiger partial charge in [-0.25, -0.2) is 8.42 Å². The number of hydrogen-bond acceptors (Lipinski definition) is 3. The van der Waals surface area contributed by atoms with Crippen molar-refractivity contribution in [3.8, 4) is 0 Å². The zero-order chi connectivity index (χ0) is 17.6. The Morgan fingerprint density at radius 3 is 2.21 bits per heavy atom. The number of benzene rings is 2. The van der Waals surface area contributed by atoms with Gasteiger partial charge >= 0.3 is 0 Å². The number of carbonyl (C=O) groups excluding carboxylic acids is 1. The predicted molar refractivity (Wildman–Crippen MR) is 95.9 cm³/mol.